The van der Waals surface area contributed by atoms with Gasteiger partial charge in [0.15, 0.2) is 18.1 Å². The van der Waals surface area contributed by atoms with Crippen molar-refractivity contribution in [2.24, 2.45) is 5.10 Å². The van der Waals surface area contributed by atoms with Gasteiger partial charge in [0.2, 0.25) is 0 Å². The van der Waals surface area contributed by atoms with Crippen LogP contribution in [0.15, 0.2) is 41.5 Å². The van der Waals surface area contributed by atoms with Gasteiger partial charge in [-0.1, -0.05) is 36.2 Å². The van der Waals surface area contributed by atoms with Gasteiger partial charge in [-0.25, -0.2) is 5.43 Å². The predicted molar refractivity (Wildman–Crippen MR) is 123 cm³/mol. The van der Waals surface area contributed by atoms with Gasteiger partial charge in [-0.05, 0) is 42.3 Å². The molecule has 2 aromatic carbocycles. The zero-order valence-corrected chi connectivity index (χ0v) is 18.9. The molecule has 0 aromatic heterocycles. The second-order valence-corrected chi connectivity index (χ2v) is 7.09. The second kappa shape index (κ2) is 12.5. The molecule has 3 amide bonds. The van der Waals surface area contributed by atoms with E-state index in [0.29, 0.717) is 40.7 Å². The number of methoxy groups -OCH3 is 1. The minimum atomic E-state index is -0.868. The van der Waals surface area contributed by atoms with Crippen molar-refractivity contribution >= 4 is 52.8 Å². The summed E-state index contributed by atoms with van der Waals surface area (Å²) in [7, 11) is 1.44. The first-order valence-corrected chi connectivity index (χ1v) is 10.3. The third-order valence-electron chi connectivity index (χ3n) is 3.89. The summed E-state index contributed by atoms with van der Waals surface area (Å²) in [6.07, 6.45) is 2.05. The summed E-state index contributed by atoms with van der Waals surface area (Å²) in [4.78, 5) is 35.3. The van der Waals surface area contributed by atoms with Crippen molar-refractivity contribution in [3.63, 3.8) is 0 Å². The number of ether oxygens (including phenoxy) is 2. The molecule has 0 unspecified atom stereocenters. The lowest BCUT2D eigenvalue weighted by Gasteiger charge is -2.12. The molecule has 170 valence electrons. The van der Waals surface area contributed by atoms with Crippen molar-refractivity contribution in [1.29, 1.82) is 0 Å². The first-order valence-electron chi connectivity index (χ1n) is 9.51. The fourth-order valence-electron chi connectivity index (χ4n) is 2.35. The van der Waals surface area contributed by atoms with E-state index in [-0.39, 0.29) is 11.6 Å². The molecular formula is C21H22Cl2N4O5. The maximum absolute atomic E-state index is 12.2. The van der Waals surface area contributed by atoms with Gasteiger partial charge in [0.05, 0.1) is 29.1 Å². The molecule has 9 nitrogen and oxygen atoms in total. The number of halogens is 2. The number of hydrogen-bond donors (Lipinski definition) is 3. The van der Waals surface area contributed by atoms with Gasteiger partial charge in [-0.2, -0.15) is 5.10 Å². The van der Waals surface area contributed by atoms with Crippen molar-refractivity contribution in [3.05, 3.63) is 52.0 Å². The highest BCUT2D eigenvalue weighted by molar-refractivity contribution is 6.44. The third-order valence-corrected chi connectivity index (χ3v) is 4.71. The van der Waals surface area contributed by atoms with Crippen LogP contribution in [-0.4, -0.2) is 44.2 Å². The minimum Gasteiger partial charge on any atom is -0.493 e. The summed E-state index contributed by atoms with van der Waals surface area (Å²) in [6, 6.07) is 9.69. The van der Waals surface area contributed by atoms with Crippen molar-refractivity contribution in [3.8, 4) is 11.5 Å². The highest BCUT2D eigenvalue weighted by Crippen LogP contribution is 2.30. The summed E-state index contributed by atoms with van der Waals surface area (Å²) >= 11 is 12.0. The lowest BCUT2D eigenvalue weighted by molar-refractivity contribution is -0.139. The first kappa shape index (κ1) is 25.0. The van der Waals surface area contributed by atoms with E-state index in [1.54, 1.807) is 36.4 Å². The predicted octanol–water partition coefficient (Wildman–Crippen LogP) is 3.00. The number of carbonyl (C=O) groups is 3. The Morgan fingerprint density at radius 1 is 1.09 bits per heavy atom. The summed E-state index contributed by atoms with van der Waals surface area (Å²) in [5.41, 5.74) is 3.08. The van der Waals surface area contributed by atoms with E-state index in [2.05, 4.69) is 21.2 Å². The van der Waals surface area contributed by atoms with Crippen molar-refractivity contribution in [2.45, 2.75) is 13.3 Å². The monoisotopic (exact) mass is 480 g/mol. The maximum Gasteiger partial charge on any atom is 0.329 e. The van der Waals surface area contributed by atoms with Gasteiger partial charge < -0.3 is 20.1 Å². The second-order valence-electron chi connectivity index (χ2n) is 6.30. The average molecular weight is 481 g/mol. The molecule has 0 aliphatic rings. The van der Waals surface area contributed by atoms with Crippen LogP contribution in [0.3, 0.4) is 0 Å². The molecule has 32 heavy (non-hydrogen) atoms. The Kier molecular flexibility index (Phi) is 9.77. The van der Waals surface area contributed by atoms with Crippen LogP contribution in [0.2, 0.25) is 10.0 Å². The highest BCUT2D eigenvalue weighted by atomic mass is 35.5. The number of nitrogens with zero attached hydrogens (tertiary/aromatic N) is 1. The number of carbonyl (C=O) groups excluding carboxylic acids is 3. The normalized spacial score (nSPS) is 10.5. The van der Waals surface area contributed by atoms with Crippen LogP contribution in [0.4, 0.5) is 5.69 Å². The van der Waals surface area contributed by atoms with Crippen LogP contribution in [0.25, 0.3) is 0 Å². The molecule has 0 atom stereocenters. The van der Waals surface area contributed by atoms with E-state index in [1.165, 1.54) is 13.3 Å². The molecular weight excluding hydrogens is 459 g/mol. The zero-order chi connectivity index (χ0) is 23.5. The Hall–Kier alpha value is -3.30. The van der Waals surface area contributed by atoms with Crippen LogP contribution < -0.4 is 25.5 Å². The summed E-state index contributed by atoms with van der Waals surface area (Å²) < 4.78 is 10.8. The number of benzene rings is 2. The smallest absolute Gasteiger partial charge is 0.329 e. The van der Waals surface area contributed by atoms with Gasteiger partial charge in [-0.3, -0.25) is 14.4 Å². The lowest BCUT2D eigenvalue weighted by atomic mass is 10.2. The number of amides is 3. The fraction of sp³-hybridized carbons (Fsp3) is 0.238. The van der Waals surface area contributed by atoms with E-state index in [1.807, 2.05) is 6.92 Å². The number of hydrogen-bond acceptors (Lipinski definition) is 6. The van der Waals surface area contributed by atoms with E-state index in [4.69, 9.17) is 32.7 Å². The average Bonchev–Trinajstić information content (AvgIpc) is 2.79. The summed E-state index contributed by atoms with van der Waals surface area (Å²) in [5, 5.41) is 9.36. The molecule has 0 bridgehead atoms. The van der Waals surface area contributed by atoms with Crippen molar-refractivity contribution in [1.82, 2.24) is 10.7 Å². The first-order chi connectivity index (χ1) is 15.3. The van der Waals surface area contributed by atoms with E-state index >= 15 is 0 Å². The SMILES string of the molecule is CCCNC(=O)C(=O)N/N=C\c1ccc(OCC(=O)Nc2cccc(Cl)c2Cl)c(OC)c1. The van der Waals surface area contributed by atoms with Crippen LogP contribution in [-0.2, 0) is 14.4 Å². The number of nitrogens with one attached hydrogen (secondary N) is 3. The van der Waals surface area contributed by atoms with Gasteiger partial charge >= 0.3 is 11.8 Å². The van der Waals surface area contributed by atoms with Crippen molar-refractivity contribution in [2.75, 3.05) is 25.6 Å². The van der Waals surface area contributed by atoms with Crippen LogP contribution in [0, 0.1) is 0 Å². The van der Waals surface area contributed by atoms with E-state index in [0.717, 1.165) is 0 Å². The zero-order valence-electron chi connectivity index (χ0n) is 17.4. The molecule has 0 spiro atoms. The van der Waals surface area contributed by atoms with E-state index < -0.39 is 17.7 Å². The topological polar surface area (TPSA) is 118 Å². The van der Waals surface area contributed by atoms with Crippen LogP contribution in [0.5, 0.6) is 11.5 Å². The Bertz CT molecular complexity index is 1010. The van der Waals surface area contributed by atoms with E-state index in [9.17, 15) is 14.4 Å². The summed E-state index contributed by atoms with van der Waals surface area (Å²) in [5.74, 6) is -1.41. The van der Waals surface area contributed by atoms with Crippen LogP contribution >= 0.6 is 23.2 Å². The molecule has 0 aliphatic carbocycles. The van der Waals surface area contributed by atoms with Gasteiger partial charge in [0, 0.05) is 6.54 Å². The number of hydrazone groups is 1. The molecule has 2 aromatic rings. The molecule has 11 heteroatoms. The van der Waals surface area contributed by atoms with Gasteiger partial charge in [0.1, 0.15) is 0 Å². The molecule has 0 aliphatic heterocycles. The summed E-state index contributed by atoms with van der Waals surface area (Å²) in [6.45, 7) is 1.98. The Morgan fingerprint density at radius 3 is 2.59 bits per heavy atom. The molecule has 0 heterocycles. The van der Waals surface area contributed by atoms with Gasteiger partial charge in [-0.15, -0.1) is 0 Å². The maximum atomic E-state index is 12.2. The van der Waals surface area contributed by atoms with Crippen molar-refractivity contribution < 1.29 is 23.9 Å². The number of rotatable bonds is 9. The molecule has 0 saturated heterocycles. The van der Waals surface area contributed by atoms with Crippen LogP contribution in [0.1, 0.15) is 18.9 Å². The Morgan fingerprint density at radius 2 is 1.88 bits per heavy atom. The number of anilines is 1. The standard InChI is InChI=1S/C21H22Cl2N4O5/c1-3-9-24-20(29)21(30)27-25-11-13-7-8-16(17(10-13)31-2)32-12-18(28)26-15-6-4-5-14(22)19(15)23/h4-8,10-11H,3,9,12H2,1-2H3,(H,24,29)(H,26,28)(H,27,30)/b25-11-. The lowest BCUT2D eigenvalue weighted by Crippen LogP contribution is -2.38. The quantitative estimate of drug-likeness (QED) is 0.289. The largest absolute Gasteiger partial charge is 0.493 e. The molecule has 0 radical (unpaired) electrons. The molecule has 0 fully saturated rings. The van der Waals surface area contributed by atoms with Gasteiger partial charge in [0.25, 0.3) is 5.91 Å². The highest BCUT2D eigenvalue weighted by Gasteiger charge is 2.12. The Labute approximate surface area is 195 Å². The molecule has 0 saturated carbocycles. The molecule has 3 N–H and O–H groups in total. The fourth-order valence-corrected chi connectivity index (χ4v) is 2.70. The third kappa shape index (κ3) is 7.44. The minimum absolute atomic E-state index is 0.235. The Balaban J connectivity index is 1.93. The molecule has 2 rings (SSSR count).